The summed E-state index contributed by atoms with van der Waals surface area (Å²) in [5.41, 5.74) is 5.31. The first-order chi connectivity index (χ1) is 13.1. The van der Waals surface area contributed by atoms with Gasteiger partial charge in [0.15, 0.2) is 5.65 Å². The first kappa shape index (κ1) is 17.2. The van der Waals surface area contributed by atoms with Crippen molar-refractivity contribution in [2.45, 2.75) is 20.0 Å². The van der Waals surface area contributed by atoms with Gasteiger partial charge in [0.2, 0.25) is 0 Å². The number of anilines is 1. The standard InChI is InChI=1S/C21H21N5O/c1-14-15(2)25-26-20(23-13-19(27)17-10-6-7-11-22-17)12-18(24-21(14)26)16-8-4-3-5-9-16/h3-12,19,23,27H,13H2,1-2H3/t19-/m0/s1. The van der Waals surface area contributed by atoms with E-state index in [1.54, 1.807) is 10.7 Å². The summed E-state index contributed by atoms with van der Waals surface area (Å²) in [6, 6.07) is 17.5. The normalized spacial score (nSPS) is 12.3. The second-order valence-corrected chi connectivity index (χ2v) is 6.49. The van der Waals surface area contributed by atoms with Crippen molar-refractivity contribution < 1.29 is 5.11 Å². The molecule has 0 fully saturated rings. The van der Waals surface area contributed by atoms with Crippen LogP contribution in [0.2, 0.25) is 0 Å². The van der Waals surface area contributed by atoms with Crippen LogP contribution in [0, 0.1) is 13.8 Å². The maximum Gasteiger partial charge on any atom is 0.161 e. The molecule has 2 N–H and O–H groups in total. The Kier molecular flexibility index (Phi) is 4.56. The fourth-order valence-corrected chi connectivity index (χ4v) is 2.99. The third kappa shape index (κ3) is 3.39. The number of pyridine rings is 1. The van der Waals surface area contributed by atoms with E-state index in [-0.39, 0.29) is 0 Å². The second kappa shape index (κ2) is 7.17. The molecule has 0 amide bonds. The van der Waals surface area contributed by atoms with Crippen LogP contribution in [0.1, 0.15) is 23.1 Å². The minimum absolute atomic E-state index is 0.322. The number of fused-ring (bicyclic) bond motifs is 1. The summed E-state index contributed by atoms with van der Waals surface area (Å²) in [6.45, 7) is 4.31. The van der Waals surface area contributed by atoms with Gasteiger partial charge in [0, 0.05) is 29.9 Å². The molecule has 0 saturated heterocycles. The number of nitrogens with one attached hydrogen (secondary N) is 1. The van der Waals surface area contributed by atoms with E-state index in [0.29, 0.717) is 12.2 Å². The highest BCUT2D eigenvalue weighted by atomic mass is 16.3. The van der Waals surface area contributed by atoms with Gasteiger partial charge in [-0.1, -0.05) is 36.4 Å². The van der Waals surface area contributed by atoms with E-state index in [1.807, 2.05) is 68.4 Å². The van der Waals surface area contributed by atoms with Crippen LogP contribution in [0.15, 0.2) is 60.8 Å². The maximum absolute atomic E-state index is 10.4. The topological polar surface area (TPSA) is 75.3 Å². The molecule has 0 radical (unpaired) electrons. The van der Waals surface area contributed by atoms with Gasteiger partial charge < -0.3 is 10.4 Å². The largest absolute Gasteiger partial charge is 0.385 e. The van der Waals surface area contributed by atoms with Crippen LogP contribution in [-0.2, 0) is 0 Å². The first-order valence-electron chi connectivity index (χ1n) is 8.89. The average Bonchev–Trinajstić information content (AvgIpc) is 3.01. The average molecular weight is 359 g/mol. The number of aromatic nitrogens is 4. The molecule has 0 aliphatic heterocycles. The third-order valence-electron chi connectivity index (χ3n) is 4.63. The second-order valence-electron chi connectivity index (χ2n) is 6.49. The monoisotopic (exact) mass is 359 g/mol. The summed E-state index contributed by atoms with van der Waals surface area (Å²) >= 11 is 0. The highest BCUT2D eigenvalue weighted by Crippen LogP contribution is 2.25. The van der Waals surface area contributed by atoms with Crippen molar-refractivity contribution in [1.82, 2.24) is 19.6 Å². The molecule has 0 saturated carbocycles. The van der Waals surface area contributed by atoms with Crippen molar-refractivity contribution in [3.05, 3.63) is 77.7 Å². The molecule has 27 heavy (non-hydrogen) atoms. The van der Waals surface area contributed by atoms with Crippen LogP contribution < -0.4 is 5.32 Å². The Morgan fingerprint density at radius 3 is 2.59 bits per heavy atom. The minimum Gasteiger partial charge on any atom is -0.385 e. The number of aryl methyl sites for hydroxylation is 2. The molecule has 6 heteroatoms. The van der Waals surface area contributed by atoms with E-state index in [1.165, 1.54) is 0 Å². The summed E-state index contributed by atoms with van der Waals surface area (Å²) in [5.74, 6) is 0.782. The number of hydrogen-bond donors (Lipinski definition) is 2. The van der Waals surface area contributed by atoms with Crippen LogP contribution in [0.3, 0.4) is 0 Å². The smallest absolute Gasteiger partial charge is 0.161 e. The molecule has 0 bridgehead atoms. The van der Waals surface area contributed by atoms with Gasteiger partial charge in [-0.15, -0.1) is 0 Å². The molecule has 0 aliphatic carbocycles. The third-order valence-corrected chi connectivity index (χ3v) is 4.63. The Balaban J connectivity index is 1.71. The quantitative estimate of drug-likeness (QED) is 0.570. The molecular weight excluding hydrogens is 338 g/mol. The predicted molar refractivity (Wildman–Crippen MR) is 106 cm³/mol. The van der Waals surface area contributed by atoms with E-state index in [2.05, 4.69) is 15.4 Å². The lowest BCUT2D eigenvalue weighted by Gasteiger charge is -2.14. The summed E-state index contributed by atoms with van der Waals surface area (Å²) in [6.07, 6.45) is 0.962. The van der Waals surface area contributed by atoms with Gasteiger partial charge in [-0.3, -0.25) is 4.98 Å². The lowest BCUT2D eigenvalue weighted by molar-refractivity contribution is 0.186. The van der Waals surface area contributed by atoms with E-state index in [9.17, 15) is 5.11 Å². The maximum atomic E-state index is 10.4. The number of hydrogen-bond acceptors (Lipinski definition) is 5. The van der Waals surface area contributed by atoms with Gasteiger partial charge in [0.1, 0.15) is 11.9 Å². The van der Waals surface area contributed by atoms with Gasteiger partial charge in [-0.05, 0) is 26.0 Å². The summed E-state index contributed by atoms with van der Waals surface area (Å²) < 4.78 is 1.79. The van der Waals surface area contributed by atoms with Crippen molar-refractivity contribution >= 4 is 11.5 Å². The zero-order chi connectivity index (χ0) is 18.8. The Morgan fingerprint density at radius 2 is 1.85 bits per heavy atom. The SMILES string of the molecule is Cc1nn2c(NC[C@H](O)c3ccccn3)cc(-c3ccccc3)nc2c1C. The van der Waals surface area contributed by atoms with Crippen molar-refractivity contribution in [3.8, 4) is 11.3 Å². The molecule has 3 heterocycles. The molecule has 0 aliphatic rings. The van der Waals surface area contributed by atoms with E-state index < -0.39 is 6.10 Å². The summed E-state index contributed by atoms with van der Waals surface area (Å²) in [4.78, 5) is 9.01. The Bertz CT molecular complexity index is 1060. The molecule has 0 unspecified atom stereocenters. The van der Waals surface area contributed by atoms with Crippen molar-refractivity contribution in [2.24, 2.45) is 0 Å². The van der Waals surface area contributed by atoms with Crippen molar-refractivity contribution in [1.29, 1.82) is 0 Å². The molecule has 136 valence electrons. The fourth-order valence-electron chi connectivity index (χ4n) is 2.99. The number of aliphatic hydroxyl groups is 1. The number of aliphatic hydroxyl groups excluding tert-OH is 1. The van der Waals surface area contributed by atoms with Crippen LogP contribution in [-0.4, -0.2) is 31.2 Å². The van der Waals surface area contributed by atoms with Crippen molar-refractivity contribution in [3.63, 3.8) is 0 Å². The highest BCUT2D eigenvalue weighted by Gasteiger charge is 2.15. The van der Waals surface area contributed by atoms with Gasteiger partial charge in [0.25, 0.3) is 0 Å². The Hall–Kier alpha value is -3.25. The van der Waals surface area contributed by atoms with Gasteiger partial charge in [-0.25, -0.2) is 4.98 Å². The van der Waals surface area contributed by atoms with E-state index in [4.69, 9.17) is 4.98 Å². The Morgan fingerprint density at radius 1 is 1.07 bits per heavy atom. The zero-order valence-corrected chi connectivity index (χ0v) is 15.3. The number of benzene rings is 1. The molecule has 0 spiro atoms. The van der Waals surface area contributed by atoms with E-state index in [0.717, 1.165) is 34.0 Å². The molecule has 6 nitrogen and oxygen atoms in total. The molecule has 4 aromatic rings. The molecule has 3 aromatic heterocycles. The molecular formula is C21H21N5O. The van der Waals surface area contributed by atoms with Gasteiger partial charge >= 0.3 is 0 Å². The van der Waals surface area contributed by atoms with Gasteiger partial charge in [-0.2, -0.15) is 9.61 Å². The fraction of sp³-hybridized carbons (Fsp3) is 0.190. The first-order valence-corrected chi connectivity index (χ1v) is 8.89. The van der Waals surface area contributed by atoms with Crippen LogP contribution >= 0.6 is 0 Å². The number of rotatable bonds is 5. The number of nitrogens with zero attached hydrogens (tertiary/aromatic N) is 4. The van der Waals surface area contributed by atoms with Gasteiger partial charge in [0.05, 0.1) is 17.1 Å². The van der Waals surface area contributed by atoms with Crippen LogP contribution in [0.25, 0.3) is 16.9 Å². The minimum atomic E-state index is -0.715. The van der Waals surface area contributed by atoms with Crippen LogP contribution in [0.5, 0.6) is 0 Å². The summed E-state index contributed by atoms with van der Waals surface area (Å²) in [7, 11) is 0. The molecule has 4 rings (SSSR count). The van der Waals surface area contributed by atoms with Crippen LogP contribution in [0.4, 0.5) is 5.82 Å². The van der Waals surface area contributed by atoms with E-state index >= 15 is 0 Å². The zero-order valence-electron chi connectivity index (χ0n) is 15.3. The highest BCUT2D eigenvalue weighted by molar-refractivity contribution is 5.68. The lowest BCUT2D eigenvalue weighted by atomic mass is 10.1. The lowest BCUT2D eigenvalue weighted by Crippen LogP contribution is -2.15. The molecule has 1 atom stereocenters. The van der Waals surface area contributed by atoms with Crippen molar-refractivity contribution in [2.75, 3.05) is 11.9 Å². The molecule has 1 aromatic carbocycles. The Labute approximate surface area is 157 Å². The predicted octanol–water partition coefficient (Wildman–Crippen LogP) is 3.55. The summed E-state index contributed by atoms with van der Waals surface area (Å²) in [5, 5.41) is 18.3.